The molecule has 0 aliphatic carbocycles. The van der Waals surface area contributed by atoms with E-state index in [0.717, 1.165) is 11.1 Å². The molecule has 0 bridgehead atoms. The van der Waals surface area contributed by atoms with Gasteiger partial charge in [-0.2, -0.15) is 5.10 Å². The molecule has 0 radical (unpaired) electrons. The van der Waals surface area contributed by atoms with Gasteiger partial charge in [0.1, 0.15) is 11.8 Å². The van der Waals surface area contributed by atoms with E-state index >= 15 is 0 Å². The summed E-state index contributed by atoms with van der Waals surface area (Å²) in [6.07, 6.45) is 0.423. The van der Waals surface area contributed by atoms with Crippen molar-refractivity contribution in [2.45, 2.75) is 40.2 Å². The van der Waals surface area contributed by atoms with Gasteiger partial charge in [0, 0.05) is 11.6 Å². The maximum atomic E-state index is 13.0. The van der Waals surface area contributed by atoms with Crippen LogP contribution in [0.4, 0.5) is 5.69 Å². The number of carbonyl (C=O) groups excluding carboxylic acids is 1. The Bertz CT molecular complexity index is 1100. The lowest BCUT2D eigenvalue weighted by Crippen LogP contribution is -2.34. The third-order valence-electron chi connectivity index (χ3n) is 5.06. The number of amides is 1. The van der Waals surface area contributed by atoms with Crippen LogP contribution in [0, 0.1) is 13.8 Å². The molecule has 6 heteroatoms. The Labute approximate surface area is 176 Å². The van der Waals surface area contributed by atoms with Crippen LogP contribution in [0.25, 0.3) is 11.3 Å². The van der Waals surface area contributed by atoms with E-state index in [-0.39, 0.29) is 11.5 Å². The van der Waals surface area contributed by atoms with Crippen LogP contribution in [-0.2, 0) is 4.79 Å². The molecule has 3 rings (SSSR count). The molecular formula is C24H27N3O3. The number of carbonyl (C=O) groups is 1. The summed E-state index contributed by atoms with van der Waals surface area (Å²) in [7, 11) is 0. The third-order valence-corrected chi connectivity index (χ3v) is 5.06. The normalized spacial score (nSPS) is 11.7. The molecule has 1 aromatic heterocycles. The van der Waals surface area contributed by atoms with Crippen LogP contribution in [0.5, 0.6) is 5.75 Å². The second kappa shape index (κ2) is 9.39. The average molecular weight is 405 g/mol. The largest absolute Gasteiger partial charge is 0.492 e. The molecular weight excluding hydrogens is 378 g/mol. The summed E-state index contributed by atoms with van der Waals surface area (Å²) in [4.78, 5) is 25.6. The summed E-state index contributed by atoms with van der Waals surface area (Å²) in [6, 6.07) is 15.7. The van der Waals surface area contributed by atoms with Crippen molar-refractivity contribution >= 4 is 11.6 Å². The highest BCUT2D eigenvalue weighted by Gasteiger charge is 2.22. The van der Waals surface area contributed by atoms with Gasteiger partial charge in [-0.1, -0.05) is 31.2 Å². The number of nitrogens with zero attached hydrogens (tertiary/aromatic N) is 2. The van der Waals surface area contributed by atoms with Crippen molar-refractivity contribution in [3.63, 3.8) is 0 Å². The van der Waals surface area contributed by atoms with Crippen molar-refractivity contribution in [1.82, 2.24) is 9.78 Å². The summed E-state index contributed by atoms with van der Waals surface area (Å²) in [6.45, 7) is 8.31. The standard InChI is InChI=1S/C24H27N3O3/c1-5-21(24(29)25-20-9-7-8-10-22(20)30-6-2)27-23(28)14-13-19(26-27)18-12-11-16(3)17(4)15-18/h7-15,21H,5-6H2,1-4H3,(H,25,29). The van der Waals surface area contributed by atoms with Crippen LogP contribution in [0.3, 0.4) is 0 Å². The number of benzene rings is 2. The summed E-state index contributed by atoms with van der Waals surface area (Å²) < 4.78 is 6.85. The monoisotopic (exact) mass is 405 g/mol. The molecule has 3 aromatic rings. The van der Waals surface area contributed by atoms with Gasteiger partial charge in [-0.3, -0.25) is 9.59 Å². The van der Waals surface area contributed by atoms with E-state index in [9.17, 15) is 9.59 Å². The first kappa shape index (κ1) is 21.3. The average Bonchev–Trinajstić information content (AvgIpc) is 2.73. The van der Waals surface area contributed by atoms with Crippen LogP contribution in [0.1, 0.15) is 37.4 Å². The van der Waals surface area contributed by atoms with Crippen LogP contribution >= 0.6 is 0 Å². The molecule has 0 spiro atoms. The van der Waals surface area contributed by atoms with Crippen molar-refractivity contribution in [1.29, 1.82) is 0 Å². The van der Waals surface area contributed by atoms with E-state index in [4.69, 9.17) is 4.74 Å². The van der Waals surface area contributed by atoms with Crippen LogP contribution in [0.2, 0.25) is 0 Å². The first-order valence-electron chi connectivity index (χ1n) is 10.1. The van der Waals surface area contributed by atoms with Gasteiger partial charge in [0.25, 0.3) is 5.56 Å². The third kappa shape index (κ3) is 4.59. The number of para-hydroxylation sites is 2. The van der Waals surface area contributed by atoms with Gasteiger partial charge in [-0.05, 0) is 62.6 Å². The Morgan fingerprint density at radius 3 is 2.53 bits per heavy atom. The number of ether oxygens (including phenoxy) is 1. The van der Waals surface area contributed by atoms with Crippen molar-refractivity contribution in [2.24, 2.45) is 0 Å². The van der Waals surface area contributed by atoms with Gasteiger partial charge >= 0.3 is 0 Å². The quantitative estimate of drug-likeness (QED) is 0.627. The summed E-state index contributed by atoms with van der Waals surface area (Å²) in [5, 5.41) is 7.40. The van der Waals surface area contributed by atoms with Gasteiger partial charge in [0.15, 0.2) is 0 Å². The number of aromatic nitrogens is 2. The Morgan fingerprint density at radius 1 is 1.07 bits per heavy atom. The fourth-order valence-corrected chi connectivity index (χ4v) is 3.24. The molecule has 1 amide bonds. The molecule has 0 fully saturated rings. The smallest absolute Gasteiger partial charge is 0.267 e. The van der Waals surface area contributed by atoms with E-state index in [1.54, 1.807) is 18.2 Å². The van der Waals surface area contributed by atoms with Crippen LogP contribution in [-0.4, -0.2) is 22.3 Å². The van der Waals surface area contributed by atoms with Gasteiger partial charge in [-0.15, -0.1) is 0 Å². The van der Waals surface area contributed by atoms with E-state index in [2.05, 4.69) is 10.4 Å². The number of hydrogen-bond donors (Lipinski definition) is 1. The van der Waals surface area contributed by atoms with Crippen molar-refractivity contribution in [3.8, 4) is 17.0 Å². The van der Waals surface area contributed by atoms with E-state index in [1.807, 2.05) is 58.0 Å². The van der Waals surface area contributed by atoms with E-state index in [1.165, 1.54) is 16.3 Å². The van der Waals surface area contributed by atoms with Gasteiger partial charge in [-0.25, -0.2) is 4.68 Å². The number of anilines is 1. The Kier molecular flexibility index (Phi) is 6.67. The SMILES string of the molecule is CCOc1ccccc1NC(=O)C(CC)n1nc(-c2ccc(C)c(C)c2)ccc1=O. The van der Waals surface area contributed by atoms with Crippen molar-refractivity contribution in [2.75, 3.05) is 11.9 Å². The zero-order valence-corrected chi connectivity index (χ0v) is 17.8. The predicted molar refractivity (Wildman–Crippen MR) is 119 cm³/mol. The molecule has 2 aromatic carbocycles. The lowest BCUT2D eigenvalue weighted by molar-refractivity contribution is -0.119. The zero-order chi connectivity index (χ0) is 21.7. The van der Waals surface area contributed by atoms with E-state index in [0.29, 0.717) is 30.2 Å². The van der Waals surface area contributed by atoms with Crippen molar-refractivity contribution in [3.05, 3.63) is 76.1 Å². The summed E-state index contributed by atoms with van der Waals surface area (Å²) in [5.41, 5.74) is 4.14. The molecule has 6 nitrogen and oxygen atoms in total. The van der Waals surface area contributed by atoms with E-state index < -0.39 is 6.04 Å². The Morgan fingerprint density at radius 2 is 1.83 bits per heavy atom. The highest BCUT2D eigenvalue weighted by atomic mass is 16.5. The maximum absolute atomic E-state index is 13.0. The second-order valence-electron chi connectivity index (χ2n) is 7.14. The minimum atomic E-state index is -0.737. The maximum Gasteiger partial charge on any atom is 0.267 e. The first-order valence-corrected chi connectivity index (χ1v) is 10.1. The predicted octanol–water partition coefficient (Wildman–Crippen LogP) is 4.52. The van der Waals surface area contributed by atoms with Gasteiger partial charge in [0.05, 0.1) is 18.0 Å². The number of nitrogens with one attached hydrogen (secondary N) is 1. The molecule has 0 saturated heterocycles. The molecule has 1 unspecified atom stereocenters. The number of aryl methyl sites for hydroxylation is 2. The zero-order valence-electron chi connectivity index (χ0n) is 17.8. The molecule has 1 N–H and O–H groups in total. The summed E-state index contributed by atoms with van der Waals surface area (Å²) in [5.74, 6) is 0.281. The van der Waals surface area contributed by atoms with Crippen molar-refractivity contribution < 1.29 is 9.53 Å². The second-order valence-corrected chi connectivity index (χ2v) is 7.14. The molecule has 156 valence electrons. The Balaban J connectivity index is 1.93. The molecule has 0 aliphatic rings. The lowest BCUT2D eigenvalue weighted by Gasteiger charge is -2.19. The fourth-order valence-electron chi connectivity index (χ4n) is 3.24. The topological polar surface area (TPSA) is 73.2 Å². The molecule has 30 heavy (non-hydrogen) atoms. The van der Waals surface area contributed by atoms with Crippen LogP contribution < -0.4 is 15.6 Å². The number of rotatable bonds is 7. The minimum Gasteiger partial charge on any atom is -0.492 e. The lowest BCUT2D eigenvalue weighted by atomic mass is 10.0. The van der Waals surface area contributed by atoms with Gasteiger partial charge < -0.3 is 10.1 Å². The van der Waals surface area contributed by atoms with Crippen LogP contribution in [0.15, 0.2) is 59.4 Å². The Hall–Kier alpha value is -3.41. The highest BCUT2D eigenvalue weighted by Crippen LogP contribution is 2.25. The molecule has 0 aliphatic heterocycles. The van der Waals surface area contributed by atoms with Gasteiger partial charge in [0.2, 0.25) is 5.91 Å². The highest BCUT2D eigenvalue weighted by molar-refractivity contribution is 5.95. The fraction of sp³-hybridized carbons (Fsp3) is 0.292. The first-order chi connectivity index (χ1) is 14.4. The molecule has 1 heterocycles. The number of hydrogen-bond acceptors (Lipinski definition) is 4. The summed E-state index contributed by atoms with van der Waals surface area (Å²) >= 11 is 0. The minimum absolute atomic E-state index is 0.309. The molecule has 1 atom stereocenters. The molecule has 0 saturated carbocycles.